The predicted octanol–water partition coefficient (Wildman–Crippen LogP) is 3.59. The number of benzene rings is 2. The molecule has 0 spiro atoms. The van der Waals surface area contributed by atoms with E-state index in [0.717, 1.165) is 0 Å². The lowest BCUT2D eigenvalue weighted by Crippen LogP contribution is -2.25. The van der Waals surface area contributed by atoms with Crippen molar-refractivity contribution in [3.63, 3.8) is 0 Å². The second-order valence-electron chi connectivity index (χ2n) is 4.85. The lowest BCUT2D eigenvalue weighted by atomic mass is 10.1. The topological polar surface area (TPSA) is 70.8 Å². The van der Waals surface area contributed by atoms with Gasteiger partial charge >= 0.3 is 0 Å². The molecule has 2 aromatic rings. The zero-order chi connectivity index (χ0) is 17.0. The van der Waals surface area contributed by atoms with Crippen LogP contribution in [0.5, 0.6) is 17.2 Å². The Bertz CT molecular complexity index is 718. The van der Waals surface area contributed by atoms with Crippen LogP contribution in [0, 0.1) is 0 Å². The number of para-hydroxylation sites is 2. The number of carbonyl (C=O) groups excluding carboxylic acids is 1. The summed E-state index contributed by atoms with van der Waals surface area (Å²) in [6.45, 7) is 1.65. The van der Waals surface area contributed by atoms with E-state index in [0.29, 0.717) is 33.5 Å². The fourth-order valence-corrected chi connectivity index (χ4v) is 2.33. The van der Waals surface area contributed by atoms with E-state index >= 15 is 0 Å². The first-order valence-electron chi connectivity index (χ1n) is 6.94. The van der Waals surface area contributed by atoms with Crippen molar-refractivity contribution in [2.45, 2.75) is 13.0 Å². The van der Waals surface area contributed by atoms with Crippen molar-refractivity contribution in [1.29, 1.82) is 0 Å². The molecule has 0 aliphatic rings. The van der Waals surface area contributed by atoms with E-state index in [-0.39, 0.29) is 5.78 Å². The number of ketones is 1. The predicted molar refractivity (Wildman–Crippen MR) is 89.8 cm³/mol. The molecule has 2 N–H and O–H groups in total. The maximum atomic E-state index is 12.7. The molecule has 2 aromatic carbocycles. The third-order valence-electron chi connectivity index (χ3n) is 3.33. The van der Waals surface area contributed by atoms with Crippen LogP contribution in [-0.2, 0) is 0 Å². The van der Waals surface area contributed by atoms with Crippen LogP contribution in [0.1, 0.15) is 17.3 Å². The minimum atomic E-state index is -0.750. The molecule has 0 radical (unpaired) electrons. The molecule has 0 fully saturated rings. The van der Waals surface area contributed by atoms with Gasteiger partial charge in [-0.2, -0.15) is 0 Å². The number of ether oxygens (including phenoxy) is 3. The summed E-state index contributed by atoms with van der Waals surface area (Å²) in [4.78, 5) is 12.7. The molecule has 0 amide bonds. The smallest absolute Gasteiger partial charge is 0.206 e. The van der Waals surface area contributed by atoms with Crippen LogP contribution in [0.4, 0.5) is 5.69 Å². The van der Waals surface area contributed by atoms with E-state index < -0.39 is 6.10 Å². The zero-order valence-corrected chi connectivity index (χ0v) is 13.9. The Morgan fingerprint density at radius 3 is 2.35 bits per heavy atom. The Morgan fingerprint density at radius 1 is 1.09 bits per heavy atom. The van der Waals surface area contributed by atoms with Crippen molar-refractivity contribution in [2.24, 2.45) is 0 Å². The number of Topliss-reactive ketones (excluding diaryl/α,β-unsaturated/α-hetero) is 1. The van der Waals surface area contributed by atoms with E-state index in [2.05, 4.69) is 0 Å². The van der Waals surface area contributed by atoms with Crippen molar-refractivity contribution in [1.82, 2.24) is 0 Å². The van der Waals surface area contributed by atoms with Crippen molar-refractivity contribution in [3.8, 4) is 17.2 Å². The molecule has 0 bridgehead atoms. The van der Waals surface area contributed by atoms with Gasteiger partial charge in [0.15, 0.2) is 6.10 Å². The van der Waals surface area contributed by atoms with Crippen LogP contribution in [0.2, 0.25) is 5.02 Å². The van der Waals surface area contributed by atoms with Gasteiger partial charge in [-0.15, -0.1) is 0 Å². The Balaban J connectivity index is 2.30. The number of halogens is 1. The average molecular weight is 336 g/mol. The lowest BCUT2D eigenvalue weighted by Gasteiger charge is -2.17. The summed E-state index contributed by atoms with van der Waals surface area (Å²) in [7, 11) is 2.95. The van der Waals surface area contributed by atoms with E-state index in [1.807, 2.05) is 0 Å². The first-order chi connectivity index (χ1) is 11.0. The largest absolute Gasteiger partial charge is 0.496 e. The molecule has 0 saturated carbocycles. The second-order valence-corrected chi connectivity index (χ2v) is 5.26. The van der Waals surface area contributed by atoms with Crippen molar-refractivity contribution < 1.29 is 19.0 Å². The molecule has 2 rings (SSSR count). The molecule has 0 saturated heterocycles. The molecule has 0 aliphatic heterocycles. The van der Waals surface area contributed by atoms with Crippen LogP contribution in [-0.4, -0.2) is 26.1 Å². The van der Waals surface area contributed by atoms with Gasteiger partial charge in [0.25, 0.3) is 0 Å². The normalized spacial score (nSPS) is 11.7. The fourth-order valence-electron chi connectivity index (χ4n) is 2.10. The van der Waals surface area contributed by atoms with Gasteiger partial charge in [0.05, 0.1) is 30.5 Å². The molecule has 5 nitrogen and oxygen atoms in total. The Labute approximate surface area is 139 Å². The number of carbonyl (C=O) groups is 1. The average Bonchev–Trinajstić information content (AvgIpc) is 2.55. The minimum Gasteiger partial charge on any atom is -0.496 e. The standard InChI is InChI=1S/C17H18ClNO4/c1-10(23-14-7-5-4-6-13(14)19)17(20)11-8-16(22-3)12(18)9-15(11)21-2/h4-10H,19H2,1-3H3. The SMILES string of the molecule is COc1cc(C(=O)C(C)Oc2ccccc2N)c(OC)cc1Cl. The third-order valence-corrected chi connectivity index (χ3v) is 3.63. The van der Waals surface area contributed by atoms with Gasteiger partial charge in [0, 0.05) is 6.07 Å². The Hall–Kier alpha value is -2.40. The van der Waals surface area contributed by atoms with Gasteiger partial charge < -0.3 is 19.9 Å². The maximum absolute atomic E-state index is 12.7. The summed E-state index contributed by atoms with van der Waals surface area (Å²) in [5.74, 6) is 0.938. The molecule has 122 valence electrons. The van der Waals surface area contributed by atoms with E-state index in [1.54, 1.807) is 31.2 Å². The summed E-state index contributed by atoms with van der Waals surface area (Å²) in [6, 6.07) is 10.1. The number of hydrogen-bond donors (Lipinski definition) is 1. The zero-order valence-electron chi connectivity index (χ0n) is 13.1. The van der Waals surface area contributed by atoms with Crippen LogP contribution < -0.4 is 19.9 Å². The minimum absolute atomic E-state index is 0.264. The molecule has 1 atom stereocenters. The highest BCUT2D eigenvalue weighted by atomic mass is 35.5. The van der Waals surface area contributed by atoms with Gasteiger partial charge in [-0.25, -0.2) is 0 Å². The van der Waals surface area contributed by atoms with Crippen LogP contribution in [0.3, 0.4) is 0 Å². The first-order valence-corrected chi connectivity index (χ1v) is 7.32. The monoisotopic (exact) mass is 335 g/mol. The molecule has 1 unspecified atom stereocenters. The lowest BCUT2D eigenvalue weighted by molar-refractivity contribution is 0.0816. The molecule has 0 aromatic heterocycles. The van der Waals surface area contributed by atoms with Crippen molar-refractivity contribution >= 4 is 23.1 Å². The summed E-state index contributed by atoms with van der Waals surface area (Å²) in [5.41, 5.74) is 6.63. The Kier molecular flexibility index (Phi) is 5.34. The molecular weight excluding hydrogens is 318 g/mol. The highest BCUT2D eigenvalue weighted by Gasteiger charge is 2.23. The number of nitrogens with two attached hydrogens (primary N) is 1. The van der Waals surface area contributed by atoms with Gasteiger partial charge in [0.1, 0.15) is 17.2 Å². The number of methoxy groups -OCH3 is 2. The van der Waals surface area contributed by atoms with Gasteiger partial charge in [-0.3, -0.25) is 4.79 Å². The number of rotatable bonds is 6. The molecule has 6 heteroatoms. The number of anilines is 1. The molecule has 0 heterocycles. The summed E-state index contributed by atoms with van der Waals surface area (Å²) < 4.78 is 16.0. The second kappa shape index (κ2) is 7.24. The van der Waals surface area contributed by atoms with E-state index in [4.69, 9.17) is 31.5 Å². The highest BCUT2D eigenvalue weighted by Crippen LogP contribution is 2.33. The quantitative estimate of drug-likeness (QED) is 0.645. The van der Waals surface area contributed by atoms with Gasteiger partial charge in [-0.05, 0) is 25.1 Å². The number of nitrogen functional groups attached to an aromatic ring is 1. The van der Waals surface area contributed by atoms with Gasteiger partial charge in [0.2, 0.25) is 5.78 Å². The van der Waals surface area contributed by atoms with Crippen LogP contribution in [0.25, 0.3) is 0 Å². The number of hydrogen-bond acceptors (Lipinski definition) is 5. The molecular formula is C17H18ClNO4. The van der Waals surface area contributed by atoms with E-state index in [1.165, 1.54) is 26.4 Å². The van der Waals surface area contributed by atoms with Crippen LogP contribution >= 0.6 is 11.6 Å². The van der Waals surface area contributed by atoms with E-state index in [9.17, 15) is 4.79 Å². The van der Waals surface area contributed by atoms with Crippen molar-refractivity contribution in [2.75, 3.05) is 20.0 Å². The summed E-state index contributed by atoms with van der Waals surface area (Å²) >= 11 is 6.05. The van der Waals surface area contributed by atoms with Crippen molar-refractivity contribution in [3.05, 3.63) is 47.0 Å². The maximum Gasteiger partial charge on any atom is 0.206 e. The molecule has 23 heavy (non-hydrogen) atoms. The fraction of sp³-hybridized carbons (Fsp3) is 0.235. The summed E-state index contributed by atoms with van der Waals surface area (Å²) in [6.07, 6.45) is -0.750. The highest BCUT2D eigenvalue weighted by molar-refractivity contribution is 6.32. The van der Waals surface area contributed by atoms with Crippen LogP contribution in [0.15, 0.2) is 36.4 Å². The van der Waals surface area contributed by atoms with Gasteiger partial charge in [-0.1, -0.05) is 23.7 Å². The third kappa shape index (κ3) is 3.68. The summed E-state index contributed by atoms with van der Waals surface area (Å²) in [5, 5.41) is 0.363. The molecule has 0 aliphatic carbocycles. The Morgan fingerprint density at radius 2 is 1.74 bits per heavy atom. The first kappa shape index (κ1) is 17.0.